The van der Waals surface area contributed by atoms with Gasteiger partial charge in [-0.2, -0.15) is 0 Å². The Morgan fingerprint density at radius 2 is 2.09 bits per heavy atom. The molecule has 5 nitrogen and oxygen atoms in total. The van der Waals surface area contributed by atoms with E-state index in [9.17, 15) is 5.11 Å². The molecule has 0 heterocycles. The number of hydrogen-bond donors (Lipinski definition) is 3. The molecule has 136 valence electrons. The number of aliphatic imine (C=N–C) groups is 1. The summed E-state index contributed by atoms with van der Waals surface area (Å²) in [6.07, 6.45) is 5.64. The summed E-state index contributed by atoms with van der Waals surface area (Å²) in [5.74, 6) is 2.81. The molecule has 1 atom stereocenters. The van der Waals surface area contributed by atoms with Crippen molar-refractivity contribution in [3.8, 4) is 0 Å². The van der Waals surface area contributed by atoms with Crippen LogP contribution in [0.4, 0.5) is 0 Å². The quantitative estimate of drug-likeness (QED) is 0.276. The lowest BCUT2D eigenvalue weighted by Gasteiger charge is -2.17. The topological polar surface area (TPSA) is 65.9 Å². The van der Waals surface area contributed by atoms with Gasteiger partial charge in [-0.05, 0) is 56.8 Å². The SMILES string of the molecule is CCNC(=NCC(CCO)CC(C)C)NCCCOCC1CC1. The van der Waals surface area contributed by atoms with Crippen molar-refractivity contribution in [2.24, 2.45) is 22.7 Å². The molecule has 1 aliphatic carbocycles. The number of hydrogen-bond acceptors (Lipinski definition) is 3. The van der Waals surface area contributed by atoms with Gasteiger partial charge in [0.1, 0.15) is 0 Å². The molecule has 0 amide bonds. The molecule has 1 saturated carbocycles. The summed E-state index contributed by atoms with van der Waals surface area (Å²) in [5, 5.41) is 15.9. The zero-order valence-corrected chi connectivity index (χ0v) is 15.3. The fourth-order valence-electron chi connectivity index (χ4n) is 2.61. The van der Waals surface area contributed by atoms with Gasteiger partial charge < -0.3 is 20.5 Å². The fraction of sp³-hybridized carbons (Fsp3) is 0.944. The van der Waals surface area contributed by atoms with E-state index in [2.05, 4.69) is 36.4 Å². The Bertz CT molecular complexity index is 317. The van der Waals surface area contributed by atoms with Crippen LogP contribution < -0.4 is 10.6 Å². The van der Waals surface area contributed by atoms with Gasteiger partial charge in [0, 0.05) is 39.5 Å². The number of nitrogens with zero attached hydrogens (tertiary/aromatic N) is 1. The van der Waals surface area contributed by atoms with Gasteiger partial charge in [-0.15, -0.1) is 0 Å². The molecule has 0 aromatic carbocycles. The number of aliphatic hydroxyl groups excluding tert-OH is 1. The molecular weight excluding hydrogens is 290 g/mol. The number of aliphatic hydroxyl groups is 1. The summed E-state index contributed by atoms with van der Waals surface area (Å²) in [6.45, 7) is 11.0. The highest BCUT2D eigenvalue weighted by atomic mass is 16.5. The molecule has 0 spiro atoms. The first-order valence-corrected chi connectivity index (χ1v) is 9.36. The normalized spacial score (nSPS) is 16.7. The average molecular weight is 328 g/mol. The highest BCUT2D eigenvalue weighted by molar-refractivity contribution is 5.79. The van der Waals surface area contributed by atoms with E-state index in [0.717, 1.165) is 64.0 Å². The summed E-state index contributed by atoms with van der Waals surface area (Å²) in [4.78, 5) is 4.68. The first-order chi connectivity index (χ1) is 11.2. The summed E-state index contributed by atoms with van der Waals surface area (Å²) < 4.78 is 5.65. The van der Waals surface area contributed by atoms with Gasteiger partial charge in [-0.25, -0.2) is 0 Å². The summed E-state index contributed by atoms with van der Waals surface area (Å²) in [6, 6.07) is 0. The lowest BCUT2D eigenvalue weighted by molar-refractivity contribution is 0.123. The van der Waals surface area contributed by atoms with E-state index in [0.29, 0.717) is 11.8 Å². The van der Waals surface area contributed by atoms with E-state index < -0.39 is 0 Å². The maximum atomic E-state index is 9.19. The molecule has 0 saturated heterocycles. The molecule has 23 heavy (non-hydrogen) atoms. The van der Waals surface area contributed by atoms with E-state index in [1.54, 1.807) is 0 Å². The second-order valence-electron chi connectivity index (χ2n) is 7.03. The minimum absolute atomic E-state index is 0.245. The van der Waals surface area contributed by atoms with Gasteiger partial charge in [-0.3, -0.25) is 4.99 Å². The van der Waals surface area contributed by atoms with Crippen LogP contribution >= 0.6 is 0 Å². The van der Waals surface area contributed by atoms with Crippen molar-refractivity contribution in [2.75, 3.05) is 39.5 Å². The summed E-state index contributed by atoms with van der Waals surface area (Å²) >= 11 is 0. The molecule has 1 unspecified atom stereocenters. The highest BCUT2D eigenvalue weighted by Gasteiger charge is 2.20. The third kappa shape index (κ3) is 11.4. The maximum Gasteiger partial charge on any atom is 0.191 e. The van der Waals surface area contributed by atoms with Crippen LogP contribution in [0.2, 0.25) is 0 Å². The lowest BCUT2D eigenvalue weighted by Crippen LogP contribution is -2.38. The monoisotopic (exact) mass is 327 g/mol. The van der Waals surface area contributed by atoms with Gasteiger partial charge in [-0.1, -0.05) is 13.8 Å². The largest absolute Gasteiger partial charge is 0.396 e. The molecule has 0 radical (unpaired) electrons. The number of ether oxygens (including phenoxy) is 1. The number of nitrogens with one attached hydrogen (secondary N) is 2. The van der Waals surface area contributed by atoms with Gasteiger partial charge in [0.2, 0.25) is 0 Å². The molecule has 1 rings (SSSR count). The van der Waals surface area contributed by atoms with Crippen LogP contribution in [0.5, 0.6) is 0 Å². The van der Waals surface area contributed by atoms with Gasteiger partial charge in [0.05, 0.1) is 0 Å². The third-order valence-electron chi connectivity index (χ3n) is 4.00. The Kier molecular flexibility index (Phi) is 11.1. The molecule has 5 heteroatoms. The van der Waals surface area contributed by atoms with Crippen molar-refractivity contribution in [3.05, 3.63) is 0 Å². The van der Waals surface area contributed by atoms with Crippen molar-refractivity contribution >= 4 is 5.96 Å². The van der Waals surface area contributed by atoms with Crippen LogP contribution in [0.3, 0.4) is 0 Å². The molecular formula is C18H37N3O2. The summed E-state index contributed by atoms with van der Waals surface area (Å²) in [7, 11) is 0. The Hall–Kier alpha value is -0.810. The molecule has 3 N–H and O–H groups in total. The second-order valence-corrected chi connectivity index (χ2v) is 7.03. The zero-order valence-electron chi connectivity index (χ0n) is 15.3. The van der Waals surface area contributed by atoms with Crippen LogP contribution in [0.25, 0.3) is 0 Å². The third-order valence-corrected chi connectivity index (χ3v) is 4.00. The van der Waals surface area contributed by atoms with E-state index >= 15 is 0 Å². The zero-order chi connectivity index (χ0) is 16.9. The first-order valence-electron chi connectivity index (χ1n) is 9.36. The molecule has 1 aliphatic rings. The number of guanidine groups is 1. The second kappa shape index (κ2) is 12.6. The van der Waals surface area contributed by atoms with Crippen molar-refractivity contribution in [3.63, 3.8) is 0 Å². The van der Waals surface area contributed by atoms with Crippen LogP contribution in [-0.2, 0) is 4.74 Å². The van der Waals surface area contributed by atoms with Gasteiger partial charge in [0.25, 0.3) is 0 Å². The Morgan fingerprint density at radius 3 is 2.70 bits per heavy atom. The minimum atomic E-state index is 0.245. The fourth-order valence-corrected chi connectivity index (χ4v) is 2.61. The van der Waals surface area contributed by atoms with E-state index in [1.807, 2.05) is 0 Å². The van der Waals surface area contributed by atoms with Crippen molar-refractivity contribution in [2.45, 2.75) is 52.9 Å². The maximum absolute atomic E-state index is 9.19. The van der Waals surface area contributed by atoms with E-state index in [4.69, 9.17) is 4.74 Å². The van der Waals surface area contributed by atoms with Gasteiger partial charge in [0.15, 0.2) is 5.96 Å². The Labute approximate surface area is 142 Å². The minimum Gasteiger partial charge on any atom is -0.396 e. The smallest absolute Gasteiger partial charge is 0.191 e. The van der Waals surface area contributed by atoms with Crippen LogP contribution in [0.1, 0.15) is 52.9 Å². The predicted molar refractivity (Wildman–Crippen MR) is 96.8 cm³/mol. The summed E-state index contributed by atoms with van der Waals surface area (Å²) in [5.41, 5.74) is 0. The standard InChI is InChI=1S/C18H37N3O2/c1-4-19-18(20-9-5-11-23-14-16-6-7-16)21-13-17(8-10-22)12-15(2)3/h15-17,22H,4-14H2,1-3H3,(H2,19,20,21). The molecule has 0 aromatic heterocycles. The van der Waals surface area contributed by atoms with Crippen LogP contribution in [0, 0.1) is 17.8 Å². The predicted octanol–water partition coefficient (Wildman–Crippen LogP) is 2.40. The molecule has 0 aromatic rings. The average Bonchev–Trinajstić information content (AvgIpc) is 3.31. The highest BCUT2D eigenvalue weighted by Crippen LogP contribution is 2.28. The van der Waals surface area contributed by atoms with Crippen LogP contribution in [0.15, 0.2) is 4.99 Å². The van der Waals surface area contributed by atoms with E-state index in [1.165, 1.54) is 12.8 Å². The number of rotatable bonds is 13. The first kappa shape index (κ1) is 20.2. The Balaban J connectivity index is 2.23. The lowest BCUT2D eigenvalue weighted by atomic mass is 9.94. The Morgan fingerprint density at radius 1 is 1.30 bits per heavy atom. The molecule has 1 fully saturated rings. The van der Waals surface area contributed by atoms with Crippen molar-refractivity contribution in [1.82, 2.24) is 10.6 Å². The van der Waals surface area contributed by atoms with Gasteiger partial charge >= 0.3 is 0 Å². The molecule has 0 bridgehead atoms. The van der Waals surface area contributed by atoms with Crippen molar-refractivity contribution in [1.29, 1.82) is 0 Å². The molecule has 0 aliphatic heterocycles. The van der Waals surface area contributed by atoms with Crippen LogP contribution in [-0.4, -0.2) is 50.5 Å². The van der Waals surface area contributed by atoms with Crippen molar-refractivity contribution < 1.29 is 9.84 Å². The van der Waals surface area contributed by atoms with E-state index in [-0.39, 0.29) is 6.61 Å².